The summed E-state index contributed by atoms with van der Waals surface area (Å²) in [4.78, 5) is 0. The maximum Gasteiger partial charge on any atom is 0.0337 e. The van der Waals surface area contributed by atoms with Crippen molar-refractivity contribution in [2.45, 2.75) is 40.2 Å². The van der Waals surface area contributed by atoms with Gasteiger partial charge < -0.3 is 5.32 Å². The van der Waals surface area contributed by atoms with Crippen molar-refractivity contribution in [1.82, 2.24) is 5.32 Å². The Hall–Kier alpha value is -0.720. The molecule has 1 heteroatoms. The Labute approximate surface area is 80.9 Å². The molecule has 0 saturated carbocycles. The van der Waals surface area contributed by atoms with E-state index in [4.69, 9.17) is 0 Å². The minimum Gasteiger partial charge on any atom is -0.382 e. The van der Waals surface area contributed by atoms with Crippen LogP contribution >= 0.6 is 0 Å². The molecule has 1 heterocycles. The van der Waals surface area contributed by atoms with Crippen molar-refractivity contribution in [3.8, 4) is 0 Å². The summed E-state index contributed by atoms with van der Waals surface area (Å²) in [7, 11) is 0. The monoisotopic (exact) mass is 177 g/mol. The van der Waals surface area contributed by atoms with Gasteiger partial charge in [-0.05, 0) is 24.8 Å². The highest BCUT2D eigenvalue weighted by atomic mass is 15.0. The van der Waals surface area contributed by atoms with Gasteiger partial charge in [0, 0.05) is 17.2 Å². The summed E-state index contributed by atoms with van der Waals surface area (Å²) in [5.41, 5.74) is 3.22. The quantitative estimate of drug-likeness (QED) is 0.600. The standard InChI is InChI=1S/C12H19N/c1-8-5-6-11-10(7-8)12(3,4)9(2)13-11/h6-9,13H,5H2,1-4H3. The van der Waals surface area contributed by atoms with Crippen LogP contribution in [0.3, 0.4) is 0 Å². The smallest absolute Gasteiger partial charge is 0.0337 e. The number of rotatable bonds is 0. The van der Waals surface area contributed by atoms with Crippen molar-refractivity contribution in [3.63, 3.8) is 0 Å². The van der Waals surface area contributed by atoms with Gasteiger partial charge in [-0.15, -0.1) is 0 Å². The van der Waals surface area contributed by atoms with E-state index in [0.717, 1.165) is 0 Å². The molecule has 13 heavy (non-hydrogen) atoms. The first kappa shape index (κ1) is 8.86. The molecule has 0 radical (unpaired) electrons. The summed E-state index contributed by atoms with van der Waals surface area (Å²) in [6.45, 7) is 9.22. The van der Waals surface area contributed by atoms with Gasteiger partial charge in [-0.3, -0.25) is 0 Å². The predicted octanol–water partition coefficient (Wildman–Crippen LogP) is 2.85. The maximum absolute atomic E-state index is 3.56. The fraction of sp³-hybridized carbons (Fsp3) is 0.667. The molecule has 1 saturated heterocycles. The van der Waals surface area contributed by atoms with Gasteiger partial charge in [0.2, 0.25) is 0 Å². The topological polar surface area (TPSA) is 12.0 Å². The van der Waals surface area contributed by atoms with Crippen molar-refractivity contribution in [2.24, 2.45) is 11.3 Å². The Morgan fingerprint density at radius 3 is 2.77 bits per heavy atom. The van der Waals surface area contributed by atoms with Crippen molar-refractivity contribution >= 4 is 0 Å². The zero-order chi connectivity index (χ0) is 9.64. The third-order valence-electron chi connectivity index (χ3n) is 3.58. The van der Waals surface area contributed by atoms with Crippen LogP contribution in [0.15, 0.2) is 23.4 Å². The lowest BCUT2D eigenvalue weighted by Crippen LogP contribution is -2.28. The van der Waals surface area contributed by atoms with Crippen LogP contribution in [-0.2, 0) is 0 Å². The first-order chi connectivity index (χ1) is 6.01. The summed E-state index contributed by atoms with van der Waals surface area (Å²) in [5, 5.41) is 3.56. The molecular formula is C12H19N. The normalized spacial score (nSPS) is 36.0. The molecule has 1 nitrogen and oxygen atoms in total. The van der Waals surface area contributed by atoms with Crippen LogP contribution < -0.4 is 5.32 Å². The van der Waals surface area contributed by atoms with Crippen LogP contribution in [-0.4, -0.2) is 6.04 Å². The lowest BCUT2D eigenvalue weighted by atomic mass is 9.78. The Morgan fingerprint density at radius 2 is 2.08 bits per heavy atom. The molecule has 0 amide bonds. The molecule has 72 valence electrons. The van der Waals surface area contributed by atoms with E-state index in [1.54, 1.807) is 0 Å². The van der Waals surface area contributed by atoms with Gasteiger partial charge in [0.25, 0.3) is 0 Å². The highest BCUT2D eigenvalue weighted by molar-refractivity contribution is 5.43. The lowest BCUT2D eigenvalue weighted by molar-refractivity contribution is 0.384. The lowest BCUT2D eigenvalue weighted by Gasteiger charge is -2.25. The van der Waals surface area contributed by atoms with E-state index in [1.807, 2.05) is 0 Å². The molecule has 2 rings (SSSR count). The molecule has 2 atom stereocenters. The van der Waals surface area contributed by atoms with Gasteiger partial charge >= 0.3 is 0 Å². The summed E-state index contributed by atoms with van der Waals surface area (Å²) in [6.07, 6.45) is 5.98. The van der Waals surface area contributed by atoms with Crippen LogP contribution in [0.5, 0.6) is 0 Å². The third-order valence-corrected chi connectivity index (χ3v) is 3.58. The van der Waals surface area contributed by atoms with E-state index in [9.17, 15) is 0 Å². The summed E-state index contributed by atoms with van der Waals surface area (Å²) >= 11 is 0. The first-order valence-corrected chi connectivity index (χ1v) is 5.21. The molecule has 2 aliphatic rings. The van der Waals surface area contributed by atoms with Crippen molar-refractivity contribution in [1.29, 1.82) is 0 Å². The van der Waals surface area contributed by atoms with E-state index in [0.29, 0.717) is 17.4 Å². The molecular weight excluding hydrogens is 158 g/mol. The van der Waals surface area contributed by atoms with Gasteiger partial charge in [0.05, 0.1) is 0 Å². The number of hydrogen-bond donors (Lipinski definition) is 1. The van der Waals surface area contributed by atoms with E-state index >= 15 is 0 Å². The second-order valence-corrected chi connectivity index (χ2v) is 5.00. The molecule has 0 aromatic heterocycles. The van der Waals surface area contributed by atoms with E-state index in [1.165, 1.54) is 17.7 Å². The molecule has 0 spiro atoms. The second kappa shape index (κ2) is 2.63. The van der Waals surface area contributed by atoms with Gasteiger partial charge in [-0.1, -0.05) is 32.9 Å². The van der Waals surface area contributed by atoms with Crippen LogP contribution in [0.2, 0.25) is 0 Å². The number of fused-ring (bicyclic) bond motifs is 1. The summed E-state index contributed by atoms with van der Waals surface area (Å²) in [6, 6.07) is 0.565. The predicted molar refractivity (Wildman–Crippen MR) is 56.3 cm³/mol. The maximum atomic E-state index is 3.56. The van der Waals surface area contributed by atoms with Gasteiger partial charge in [-0.2, -0.15) is 0 Å². The Balaban J connectivity index is 2.41. The molecule has 1 aliphatic heterocycles. The molecule has 1 aliphatic carbocycles. The van der Waals surface area contributed by atoms with Crippen molar-refractivity contribution in [3.05, 3.63) is 23.4 Å². The highest BCUT2D eigenvalue weighted by Gasteiger charge is 2.39. The fourth-order valence-corrected chi connectivity index (χ4v) is 2.20. The van der Waals surface area contributed by atoms with Gasteiger partial charge in [0.1, 0.15) is 0 Å². The first-order valence-electron chi connectivity index (χ1n) is 5.21. The average Bonchev–Trinajstić information content (AvgIpc) is 2.27. The second-order valence-electron chi connectivity index (χ2n) is 5.00. The Morgan fingerprint density at radius 1 is 1.38 bits per heavy atom. The van der Waals surface area contributed by atoms with Gasteiger partial charge in [-0.25, -0.2) is 0 Å². The van der Waals surface area contributed by atoms with Crippen LogP contribution in [0.25, 0.3) is 0 Å². The van der Waals surface area contributed by atoms with Crippen molar-refractivity contribution in [2.75, 3.05) is 0 Å². The zero-order valence-electron chi connectivity index (χ0n) is 9.02. The molecule has 1 N–H and O–H groups in total. The minimum absolute atomic E-state index is 0.306. The SMILES string of the molecule is CC1C=C2C(=CC1)NC(C)C2(C)C. The molecule has 0 aromatic rings. The zero-order valence-corrected chi connectivity index (χ0v) is 9.02. The minimum atomic E-state index is 0.306. The van der Waals surface area contributed by atoms with Crippen molar-refractivity contribution < 1.29 is 0 Å². The Bertz CT molecular complexity index is 283. The van der Waals surface area contributed by atoms with E-state index in [2.05, 4.69) is 45.2 Å². The summed E-state index contributed by atoms with van der Waals surface area (Å²) < 4.78 is 0. The average molecular weight is 177 g/mol. The summed E-state index contributed by atoms with van der Waals surface area (Å²) in [5.74, 6) is 0.713. The largest absolute Gasteiger partial charge is 0.382 e. The third kappa shape index (κ3) is 1.21. The van der Waals surface area contributed by atoms with E-state index in [-0.39, 0.29) is 0 Å². The Kier molecular flexibility index (Phi) is 1.79. The number of nitrogens with one attached hydrogen (secondary N) is 1. The fourth-order valence-electron chi connectivity index (χ4n) is 2.20. The van der Waals surface area contributed by atoms with Gasteiger partial charge in [0.15, 0.2) is 0 Å². The molecule has 2 unspecified atom stereocenters. The molecule has 0 bridgehead atoms. The molecule has 1 fully saturated rings. The van der Waals surface area contributed by atoms with E-state index < -0.39 is 0 Å². The van der Waals surface area contributed by atoms with Crippen LogP contribution in [0.1, 0.15) is 34.1 Å². The van der Waals surface area contributed by atoms with Crippen LogP contribution in [0.4, 0.5) is 0 Å². The molecule has 0 aromatic carbocycles. The highest BCUT2D eigenvalue weighted by Crippen LogP contribution is 2.43. The number of allylic oxidation sites excluding steroid dienone is 3. The van der Waals surface area contributed by atoms with Crippen LogP contribution in [0, 0.1) is 11.3 Å². The number of hydrogen-bond acceptors (Lipinski definition) is 1.